The van der Waals surface area contributed by atoms with E-state index in [9.17, 15) is 4.79 Å². The Morgan fingerprint density at radius 1 is 1.00 bits per heavy atom. The van der Waals surface area contributed by atoms with E-state index in [-0.39, 0.29) is 5.91 Å². The van der Waals surface area contributed by atoms with Crippen molar-refractivity contribution in [1.82, 2.24) is 9.97 Å². The topological polar surface area (TPSA) is 73.3 Å². The first-order valence-electron chi connectivity index (χ1n) is 9.84. The predicted molar refractivity (Wildman–Crippen MR) is 128 cm³/mol. The quantitative estimate of drug-likeness (QED) is 0.380. The Bertz CT molecular complexity index is 1250. The first kappa shape index (κ1) is 21.3. The first-order valence-corrected chi connectivity index (χ1v) is 10.7. The SMILES string of the molecule is COc1ccc(OC)c(/C=C/C(=O)Nc2cccc(-c3csc(-c4ccncc4)n3)c2)c1. The van der Waals surface area contributed by atoms with Crippen molar-refractivity contribution in [1.29, 1.82) is 0 Å². The van der Waals surface area contributed by atoms with Gasteiger partial charge in [0.25, 0.3) is 0 Å². The zero-order valence-electron chi connectivity index (χ0n) is 17.6. The van der Waals surface area contributed by atoms with Gasteiger partial charge in [0.15, 0.2) is 0 Å². The normalized spacial score (nSPS) is 10.8. The molecule has 0 aliphatic carbocycles. The van der Waals surface area contributed by atoms with Gasteiger partial charge in [-0.15, -0.1) is 11.3 Å². The van der Waals surface area contributed by atoms with E-state index in [0.29, 0.717) is 17.2 Å². The van der Waals surface area contributed by atoms with Crippen LogP contribution in [0.2, 0.25) is 0 Å². The number of amides is 1. The lowest BCUT2D eigenvalue weighted by Gasteiger charge is -2.07. The van der Waals surface area contributed by atoms with E-state index in [1.54, 1.807) is 56.2 Å². The minimum Gasteiger partial charge on any atom is -0.497 e. The second-order valence-electron chi connectivity index (χ2n) is 6.79. The Morgan fingerprint density at radius 3 is 2.62 bits per heavy atom. The number of carbonyl (C=O) groups excluding carboxylic acids is 1. The molecule has 0 aliphatic heterocycles. The van der Waals surface area contributed by atoms with Crippen molar-refractivity contribution >= 4 is 29.0 Å². The molecule has 1 amide bonds. The van der Waals surface area contributed by atoms with Gasteiger partial charge in [-0.1, -0.05) is 12.1 Å². The van der Waals surface area contributed by atoms with Crippen molar-refractivity contribution in [3.63, 3.8) is 0 Å². The molecule has 0 spiro atoms. The number of hydrogen-bond donors (Lipinski definition) is 1. The van der Waals surface area contributed by atoms with E-state index >= 15 is 0 Å². The molecule has 0 atom stereocenters. The Hall–Kier alpha value is -3.97. The van der Waals surface area contributed by atoms with Crippen LogP contribution in [0, 0.1) is 0 Å². The number of pyridine rings is 1. The van der Waals surface area contributed by atoms with Gasteiger partial charge < -0.3 is 14.8 Å². The predicted octanol–water partition coefficient (Wildman–Crippen LogP) is 5.54. The highest BCUT2D eigenvalue weighted by atomic mass is 32.1. The van der Waals surface area contributed by atoms with Gasteiger partial charge in [-0.25, -0.2) is 4.98 Å². The minimum absolute atomic E-state index is 0.247. The lowest BCUT2D eigenvalue weighted by atomic mass is 10.1. The standard InChI is InChI=1S/C25H21N3O3S/c1-30-21-7-8-23(31-2)19(15-21)6-9-24(29)27-20-5-3-4-18(14-20)22-16-32-25(28-22)17-10-12-26-13-11-17/h3-16H,1-2H3,(H,27,29)/b9-6+. The number of rotatable bonds is 7. The number of methoxy groups -OCH3 is 2. The fraction of sp³-hybridized carbons (Fsp3) is 0.0800. The van der Waals surface area contributed by atoms with Gasteiger partial charge in [0.1, 0.15) is 16.5 Å². The van der Waals surface area contributed by atoms with Crippen molar-refractivity contribution in [3.05, 3.63) is 84.0 Å². The number of nitrogens with one attached hydrogen (secondary N) is 1. The lowest BCUT2D eigenvalue weighted by Crippen LogP contribution is -2.07. The van der Waals surface area contributed by atoms with Crippen molar-refractivity contribution < 1.29 is 14.3 Å². The third-order valence-corrected chi connectivity index (χ3v) is 5.60. The zero-order chi connectivity index (χ0) is 22.3. The molecule has 4 rings (SSSR count). The highest BCUT2D eigenvalue weighted by Crippen LogP contribution is 2.30. The summed E-state index contributed by atoms with van der Waals surface area (Å²) in [6, 6.07) is 16.9. The monoisotopic (exact) mass is 443 g/mol. The molecule has 1 N–H and O–H groups in total. The van der Waals surface area contributed by atoms with E-state index in [2.05, 4.69) is 10.3 Å². The van der Waals surface area contributed by atoms with Crippen LogP contribution in [0.5, 0.6) is 11.5 Å². The highest BCUT2D eigenvalue weighted by Gasteiger charge is 2.08. The smallest absolute Gasteiger partial charge is 0.248 e. The summed E-state index contributed by atoms with van der Waals surface area (Å²) in [5.41, 5.74) is 4.25. The number of benzene rings is 2. The molecular weight excluding hydrogens is 422 g/mol. The Labute approximate surface area is 190 Å². The Balaban J connectivity index is 1.48. The van der Waals surface area contributed by atoms with Crippen molar-refractivity contribution in [2.24, 2.45) is 0 Å². The maximum Gasteiger partial charge on any atom is 0.248 e. The van der Waals surface area contributed by atoms with Crippen LogP contribution < -0.4 is 14.8 Å². The van der Waals surface area contributed by atoms with E-state index in [4.69, 9.17) is 14.5 Å². The number of anilines is 1. The fourth-order valence-corrected chi connectivity index (χ4v) is 3.94. The molecule has 0 bridgehead atoms. The molecule has 0 saturated heterocycles. The third-order valence-electron chi connectivity index (χ3n) is 4.71. The number of aromatic nitrogens is 2. The third kappa shape index (κ3) is 5.01. The lowest BCUT2D eigenvalue weighted by molar-refractivity contribution is -0.111. The van der Waals surface area contributed by atoms with Crippen molar-refractivity contribution in [2.45, 2.75) is 0 Å². The van der Waals surface area contributed by atoms with Crippen LogP contribution >= 0.6 is 11.3 Å². The molecule has 160 valence electrons. The summed E-state index contributed by atoms with van der Waals surface area (Å²) >= 11 is 1.57. The molecule has 2 aromatic heterocycles. The molecule has 7 heteroatoms. The van der Waals surface area contributed by atoms with Gasteiger partial charge in [0.2, 0.25) is 5.91 Å². The fourth-order valence-electron chi connectivity index (χ4n) is 3.11. The second kappa shape index (κ2) is 9.89. The number of carbonyl (C=O) groups is 1. The van der Waals surface area contributed by atoms with Gasteiger partial charge in [-0.3, -0.25) is 9.78 Å². The molecule has 0 saturated carbocycles. The number of hydrogen-bond acceptors (Lipinski definition) is 6. The summed E-state index contributed by atoms with van der Waals surface area (Å²) in [7, 11) is 3.18. The summed E-state index contributed by atoms with van der Waals surface area (Å²) in [6.07, 6.45) is 6.67. The molecule has 4 aromatic rings. The minimum atomic E-state index is -0.247. The van der Waals surface area contributed by atoms with Crippen LogP contribution in [-0.2, 0) is 4.79 Å². The van der Waals surface area contributed by atoms with E-state index in [1.165, 1.54) is 6.08 Å². The van der Waals surface area contributed by atoms with Gasteiger partial charge in [-0.05, 0) is 48.5 Å². The van der Waals surface area contributed by atoms with E-state index in [0.717, 1.165) is 27.4 Å². The number of ether oxygens (including phenoxy) is 2. The maximum atomic E-state index is 12.5. The Morgan fingerprint density at radius 2 is 1.84 bits per heavy atom. The van der Waals surface area contributed by atoms with Crippen molar-refractivity contribution in [3.8, 4) is 33.3 Å². The molecule has 0 aliphatic rings. The van der Waals surface area contributed by atoms with Gasteiger partial charge in [0.05, 0.1) is 19.9 Å². The van der Waals surface area contributed by atoms with Crippen LogP contribution in [0.4, 0.5) is 5.69 Å². The summed E-state index contributed by atoms with van der Waals surface area (Å²) < 4.78 is 10.6. The summed E-state index contributed by atoms with van der Waals surface area (Å²) in [5, 5.41) is 5.83. The van der Waals surface area contributed by atoms with Crippen LogP contribution in [0.25, 0.3) is 27.9 Å². The molecule has 0 unspecified atom stereocenters. The van der Waals surface area contributed by atoms with Gasteiger partial charge in [-0.2, -0.15) is 0 Å². The molecule has 2 heterocycles. The first-order chi connectivity index (χ1) is 15.7. The van der Waals surface area contributed by atoms with Crippen molar-refractivity contribution in [2.75, 3.05) is 19.5 Å². The largest absolute Gasteiger partial charge is 0.497 e. The summed E-state index contributed by atoms with van der Waals surface area (Å²) in [5.74, 6) is 1.10. The summed E-state index contributed by atoms with van der Waals surface area (Å²) in [6.45, 7) is 0. The van der Waals surface area contributed by atoms with Gasteiger partial charge >= 0.3 is 0 Å². The van der Waals surface area contributed by atoms with Crippen LogP contribution in [0.1, 0.15) is 5.56 Å². The number of nitrogens with zero attached hydrogens (tertiary/aromatic N) is 2. The molecule has 6 nitrogen and oxygen atoms in total. The molecular formula is C25H21N3O3S. The van der Waals surface area contributed by atoms with Gasteiger partial charge in [0, 0.05) is 46.2 Å². The van der Waals surface area contributed by atoms with Crippen LogP contribution in [-0.4, -0.2) is 30.1 Å². The Kier molecular flexibility index (Phi) is 6.57. The van der Waals surface area contributed by atoms with Crippen LogP contribution in [0.15, 0.2) is 78.4 Å². The average molecular weight is 444 g/mol. The average Bonchev–Trinajstić information content (AvgIpc) is 3.34. The zero-order valence-corrected chi connectivity index (χ0v) is 18.4. The maximum absolute atomic E-state index is 12.5. The second-order valence-corrected chi connectivity index (χ2v) is 7.64. The van der Waals surface area contributed by atoms with Crippen LogP contribution in [0.3, 0.4) is 0 Å². The molecule has 0 radical (unpaired) electrons. The molecule has 32 heavy (non-hydrogen) atoms. The highest BCUT2D eigenvalue weighted by molar-refractivity contribution is 7.13. The summed E-state index contributed by atoms with van der Waals surface area (Å²) in [4.78, 5) is 21.3. The molecule has 0 fully saturated rings. The van der Waals surface area contributed by atoms with E-state index < -0.39 is 0 Å². The molecule has 2 aromatic carbocycles. The number of thiazole rings is 1. The van der Waals surface area contributed by atoms with E-state index in [1.807, 2.05) is 47.8 Å².